The number of halogens is 2. The average Bonchev–Trinajstić information content (AvgIpc) is 2.95. The molecule has 2 nitrogen and oxygen atoms in total. The van der Waals surface area contributed by atoms with Crippen molar-refractivity contribution < 1.29 is 0 Å². The van der Waals surface area contributed by atoms with Crippen LogP contribution in [0.1, 0.15) is 0 Å². The summed E-state index contributed by atoms with van der Waals surface area (Å²) in [4.78, 5) is 8.55. The number of hydrogen-bond donors (Lipinski definition) is 0. The molecule has 0 aliphatic heterocycles. The summed E-state index contributed by atoms with van der Waals surface area (Å²) in [5.41, 5.74) is 0.831. The summed E-state index contributed by atoms with van der Waals surface area (Å²) in [5.74, 6) is 0. The third kappa shape index (κ3) is 1.81. The van der Waals surface area contributed by atoms with Gasteiger partial charge < -0.3 is 0 Å². The van der Waals surface area contributed by atoms with E-state index in [4.69, 9.17) is 23.2 Å². The van der Waals surface area contributed by atoms with Crippen molar-refractivity contribution in [2.24, 2.45) is 0 Å². The Bertz CT molecular complexity index is 1240. The Labute approximate surface area is 145 Å². The SMILES string of the molecule is Clc1nc(Cl)c2sc3c4ccccc4c4ccccc4c3c2n1. The van der Waals surface area contributed by atoms with Gasteiger partial charge in [0.05, 0.1) is 10.2 Å². The molecule has 2 heterocycles. The normalized spacial score (nSPS) is 11.9. The molecule has 110 valence electrons. The Morgan fingerprint density at radius 3 is 2.04 bits per heavy atom. The zero-order chi connectivity index (χ0) is 15.6. The fraction of sp³-hybridized carbons (Fsp3) is 0. The highest BCUT2D eigenvalue weighted by Gasteiger charge is 2.17. The first-order chi connectivity index (χ1) is 11.2. The largest absolute Gasteiger partial charge is 0.224 e. The first kappa shape index (κ1) is 13.5. The molecule has 0 amide bonds. The quantitative estimate of drug-likeness (QED) is 0.181. The first-order valence-electron chi connectivity index (χ1n) is 7.09. The smallest absolute Gasteiger partial charge is 0.216 e. The summed E-state index contributed by atoms with van der Waals surface area (Å²) < 4.78 is 2.06. The zero-order valence-corrected chi connectivity index (χ0v) is 14.0. The van der Waals surface area contributed by atoms with Crippen LogP contribution in [-0.4, -0.2) is 9.97 Å². The van der Waals surface area contributed by atoms with Crippen LogP contribution in [0.4, 0.5) is 0 Å². The van der Waals surface area contributed by atoms with E-state index in [1.54, 1.807) is 11.3 Å². The van der Waals surface area contributed by atoms with Crippen LogP contribution < -0.4 is 0 Å². The molecule has 0 radical (unpaired) electrons. The Kier molecular flexibility index (Phi) is 2.80. The second kappa shape index (κ2) is 4.78. The van der Waals surface area contributed by atoms with Gasteiger partial charge >= 0.3 is 0 Å². The second-order valence-corrected chi connectivity index (χ2v) is 7.08. The molecule has 2 aromatic heterocycles. The van der Waals surface area contributed by atoms with Crippen molar-refractivity contribution in [3.8, 4) is 0 Å². The van der Waals surface area contributed by atoms with Crippen molar-refractivity contribution in [3.63, 3.8) is 0 Å². The van der Waals surface area contributed by atoms with Gasteiger partial charge in [0.25, 0.3) is 0 Å². The Morgan fingerprint density at radius 1 is 0.696 bits per heavy atom. The monoisotopic (exact) mass is 354 g/mol. The highest BCUT2D eigenvalue weighted by atomic mass is 35.5. The number of benzene rings is 3. The molecule has 23 heavy (non-hydrogen) atoms. The van der Waals surface area contributed by atoms with Gasteiger partial charge in [0.15, 0.2) is 5.15 Å². The van der Waals surface area contributed by atoms with Gasteiger partial charge in [-0.25, -0.2) is 9.97 Å². The lowest BCUT2D eigenvalue weighted by molar-refractivity contribution is 1.23. The zero-order valence-electron chi connectivity index (χ0n) is 11.7. The predicted molar refractivity (Wildman–Crippen MR) is 100.0 cm³/mol. The van der Waals surface area contributed by atoms with Gasteiger partial charge in [0.2, 0.25) is 5.28 Å². The molecule has 0 fully saturated rings. The van der Waals surface area contributed by atoms with Crippen molar-refractivity contribution >= 4 is 76.4 Å². The summed E-state index contributed by atoms with van der Waals surface area (Å²) in [6.45, 7) is 0. The molecular formula is C18H8Cl2N2S. The van der Waals surface area contributed by atoms with Gasteiger partial charge in [-0.05, 0) is 27.8 Å². The Balaban J connectivity index is 2.22. The number of fused-ring (bicyclic) bond motifs is 8. The minimum Gasteiger partial charge on any atom is -0.216 e. The maximum absolute atomic E-state index is 6.31. The van der Waals surface area contributed by atoms with Crippen LogP contribution in [0, 0.1) is 0 Å². The first-order valence-corrected chi connectivity index (χ1v) is 8.66. The van der Waals surface area contributed by atoms with Crippen molar-refractivity contribution in [1.82, 2.24) is 9.97 Å². The van der Waals surface area contributed by atoms with Gasteiger partial charge in [-0.3, -0.25) is 0 Å². The average molecular weight is 355 g/mol. The van der Waals surface area contributed by atoms with E-state index < -0.39 is 0 Å². The summed E-state index contributed by atoms with van der Waals surface area (Å²) in [5, 5.41) is 6.51. The Morgan fingerprint density at radius 2 is 1.30 bits per heavy atom. The maximum atomic E-state index is 6.31. The molecule has 0 unspecified atom stereocenters. The second-order valence-electron chi connectivity index (χ2n) is 5.36. The molecule has 0 atom stereocenters. The van der Waals surface area contributed by atoms with E-state index in [1.807, 2.05) is 6.07 Å². The van der Waals surface area contributed by atoms with E-state index in [0.717, 1.165) is 15.6 Å². The lowest BCUT2D eigenvalue weighted by Gasteiger charge is -2.06. The van der Waals surface area contributed by atoms with Crippen LogP contribution in [0.3, 0.4) is 0 Å². The highest BCUT2D eigenvalue weighted by Crippen LogP contribution is 2.44. The van der Waals surface area contributed by atoms with Crippen LogP contribution in [0.15, 0.2) is 48.5 Å². The minimum atomic E-state index is 0.180. The van der Waals surface area contributed by atoms with Gasteiger partial charge in [-0.1, -0.05) is 60.1 Å². The molecule has 0 bridgehead atoms. The van der Waals surface area contributed by atoms with Gasteiger partial charge in [-0.2, -0.15) is 0 Å². The third-order valence-corrected chi connectivity index (χ3v) is 5.90. The van der Waals surface area contributed by atoms with E-state index in [0.29, 0.717) is 5.15 Å². The number of rotatable bonds is 0. The molecule has 0 spiro atoms. The molecule has 5 heteroatoms. The number of thiophene rings is 1. The van der Waals surface area contributed by atoms with Gasteiger partial charge in [0.1, 0.15) is 0 Å². The fourth-order valence-corrected chi connectivity index (χ4v) is 4.88. The van der Waals surface area contributed by atoms with E-state index in [1.165, 1.54) is 26.2 Å². The van der Waals surface area contributed by atoms with Crippen LogP contribution in [0.2, 0.25) is 10.4 Å². The highest BCUT2D eigenvalue weighted by molar-refractivity contribution is 7.27. The van der Waals surface area contributed by atoms with Crippen molar-refractivity contribution in [2.45, 2.75) is 0 Å². The predicted octanol–water partition coefficient (Wildman–Crippen LogP) is 6.46. The molecule has 0 saturated carbocycles. The molecule has 5 aromatic rings. The van der Waals surface area contributed by atoms with Crippen LogP contribution in [0.5, 0.6) is 0 Å². The topological polar surface area (TPSA) is 25.8 Å². The minimum absolute atomic E-state index is 0.180. The molecule has 0 N–H and O–H groups in total. The number of hydrogen-bond acceptors (Lipinski definition) is 3. The molecular weight excluding hydrogens is 347 g/mol. The summed E-state index contributed by atoms with van der Waals surface area (Å²) in [7, 11) is 0. The van der Waals surface area contributed by atoms with E-state index in [9.17, 15) is 0 Å². The summed E-state index contributed by atoms with van der Waals surface area (Å²) in [6, 6.07) is 16.8. The lowest BCUT2D eigenvalue weighted by atomic mass is 9.98. The van der Waals surface area contributed by atoms with Crippen molar-refractivity contribution in [2.75, 3.05) is 0 Å². The summed E-state index contributed by atoms with van der Waals surface area (Å²) >= 11 is 14.0. The lowest BCUT2D eigenvalue weighted by Crippen LogP contribution is -1.84. The number of nitrogens with zero attached hydrogens (tertiary/aromatic N) is 2. The third-order valence-electron chi connectivity index (χ3n) is 4.12. The maximum Gasteiger partial charge on any atom is 0.224 e. The standard InChI is InChI=1S/C18H8Cl2N2S/c19-17-16-14(21-18(20)22-17)13-11-7-3-1-5-9(11)10-6-2-4-8-12(10)15(13)23-16/h1-8H. The van der Waals surface area contributed by atoms with Crippen LogP contribution in [0.25, 0.3) is 41.8 Å². The van der Waals surface area contributed by atoms with Crippen LogP contribution >= 0.6 is 34.5 Å². The molecule has 0 saturated heterocycles. The van der Waals surface area contributed by atoms with E-state index in [2.05, 4.69) is 52.4 Å². The fourth-order valence-electron chi connectivity index (χ4n) is 3.21. The van der Waals surface area contributed by atoms with Crippen molar-refractivity contribution in [1.29, 1.82) is 0 Å². The van der Waals surface area contributed by atoms with Gasteiger partial charge in [0, 0.05) is 15.5 Å². The summed E-state index contributed by atoms with van der Waals surface area (Å²) in [6.07, 6.45) is 0. The van der Waals surface area contributed by atoms with Gasteiger partial charge in [-0.15, -0.1) is 11.3 Å². The van der Waals surface area contributed by atoms with Crippen LogP contribution in [-0.2, 0) is 0 Å². The van der Waals surface area contributed by atoms with E-state index >= 15 is 0 Å². The molecule has 3 aromatic carbocycles. The number of aromatic nitrogens is 2. The Hall–Kier alpha value is -1.94. The molecule has 5 rings (SSSR count). The molecule has 0 aliphatic carbocycles. The van der Waals surface area contributed by atoms with Crippen molar-refractivity contribution in [3.05, 3.63) is 59.0 Å². The molecule has 0 aliphatic rings. The van der Waals surface area contributed by atoms with E-state index in [-0.39, 0.29) is 5.28 Å².